The number of benzene rings is 2. The summed E-state index contributed by atoms with van der Waals surface area (Å²) in [5.74, 6) is -1.49. The third kappa shape index (κ3) is 10.0. The van der Waals surface area contributed by atoms with E-state index in [1.54, 1.807) is 12.1 Å². The maximum absolute atomic E-state index is 13.8. The van der Waals surface area contributed by atoms with Crippen molar-refractivity contribution in [1.82, 2.24) is 26.6 Å². The molecule has 3 heterocycles. The summed E-state index contributed by atoms with van der Waals surface area (Å²) in [6.07, 6.45) is 3.03. The summed E-state index contributed by atoms with van der Waals surface area (Å²) in [5.41, 5.74) is 0.471. The van der Waals surface area contributed by atoms with Crippen molar-refractivity contribution >= 4 is 29.5 Å². The largest absolute Gasteiger partial charge is 0.491 e. The number of carbonyl (C=O) groups excluding carboxylic acids is 5. The van der Waals surface area contributed by atoms with Gasteiger partial charge in [-0.1, -0.05) is 56.3 Å². The van der Waals surface area contributed by atoms with Gasteiger partial charge >= 0.3 is 0 Å². The Labute approximate surface area is 287 Å². The molecule has 4 aliphatic rings. The lowest BCUT2D eigenvalue weighted by Crippen LogP contribution is -2.60. The Kier molecular flexibility index (Phi) is 11.9. The summed E-state index contributed by atoms with van der Waals surface area (Å²) in [4.78, 5) is 67.7. The van der Waals surface area contributed by atoms with Crippen LogP contribution in [0.4, 0.5) is 0 Å². The minimum atomic E-state index is -1.19. The third-order valence-corrected chi connectivity index (χ3v) is 9.35. The summed E-state index contributed by atoms with van der Waals surface area (Å²) >= 11 is 0. The zero-order chi connectivity index (χ0) is 35.0. The summed E-state index contributed by atoms with van der Waals surface area (Å²) in [5, 5.41) is 14.5. The zero-order valence-corrected chi connectivity index (χ0v) is 28.6. The second-order valence-corrected chi connectivity index (χ2v) is 14.0. The highest BCUT2D eigenvalue weighted by molar-refractivity contribution is 5.99. The highest BCUT2D eigenvalue weighted by Crippen LogP contribution is 2.36. The van der Waals surface area contributed by atoms with Gasteiger partial charge in [0.05, 0.1) is 6.04 Å². The normalized spacial score (nSPS) is 25.4. The first-order valence-electron chi connectivity index (χ1n) is 17.4. The number of fused-ring (bicyclic) bond motifs is 15. The molecule has 3 aliphatic heterocycles. The Morgan fingerprint density at radius 3 is 2.24 bits per heavy atom. The van der Waals surface area contributed by atoms with Crippen molar-refractivity contribution < 1.29 is 33.4 Å². The van der Waals surface area contributed by atoms with Crippen molar-refractivity contribution in [2.24, 2.45) is 11.8 Å². The first-order chi connectivity index (χ1) is 23.5. The second-order valence-electron chi connectivity index (χ2n) is 14.0. The SMILES string of the molecule is CC(C)C[C@H]1COc2ccc(cc2)C[C@H](NC(=O)C2CCOCC2)C(=O)N[C@H](C)C(=O)NC2(CC2)C(=O)N[C@H](Cc2ccccc2)C(=O)N1. The van der Waals surface area contributed by atoms with Gasteiger partial charge in [-0.25, -0.2) is 0 Å². The van der Waals surface area contributed by atoms with E-state index in [2.05, 4.69) is 40.4 Å². The molecule has 5 N–H and O–H groups in total. The van der Waals surface area contributed by atoms with E-state index in [-0.39, 0.29) is 49.1 Å². The Bertz CT molecular complexity index is 1470. The Balaban J connectivity index is 1.40. The van der Waals surface area contributed by atoms with Crippen LogP contribution in [0.1, 0.15) is 64.0 Å². The maximum atomic E-state index is 13.8. The van der Waals surface area contributed by atoms with Gasteiger partial charge in [0.15, 0.2) is 0 Å². The molecule has 0 unspecified atom stereocenters. The van der Waals surface area contributed by atoms with E-state index in [1.165, 1.54) is 6.92 Å². The van der Waals surface area contributed by atoms with E-state index in [9.17, 15) is 24.0 Å². The van der Waals surface area contributed by atoms with Crippen molar-refractivity contribution in [2.75, 3.05) is 19.8 Å². The number of hydrogen-bond donors (Lipinski definition) is 5. The van der Waals surface area contributed by atoms with E-state index in [1.807, 2.05) is 42.5 Å². The minimum Gasteiger partial charge on any atom is -0.491 e. The number of rotatable bonds is 6. The molecular formula is C37H49N5O7. The summed E-state index contributed by atoms with van der Waals surface area (Å²) in [6, 6.07) is 13.5. The number of amides is 5. The van der Waals surface area contributed by atoms with Crippen LogP contribution in [0.2, 0.25) is 0 Å². The molecule has 2 fully saturated rings. The van der Waals surface area contributed by atoms with Crippen molar-refractivity contribution in [3.63, 3.8) is 0 Å². The van der Waals surface area contributed by atoms with Crippen LogP contribution in [0, 0.1) is 11.8 Å². The summed E-state index contributed by atoms with van der Waals surface area (Å²) < 4.78 is 11.5. The molecule has 264 valence electrons. The van der Waals surface area contributed by atoms with Crippen LogP contribution >= 0.6 is 0 Å². The van der Waals surface area contributed by atoms with Crippen molar-refractivity contribution in [2.45, 2.75) is 95.4 Å². The van der Waals surface area contributed by atoms with E-state index < -0.39 is 41.4 Å². The molecule has 12 heteroatoms. The Morgan fingerprint density at radius 2 is 1.59 bits per heavy atom. The molecule has 1 aliphatic carbocycles. The zero-order valence-electron chi connectivity index (χ0n) is 28.6. The van der Waals surface area contributed by atoms with Gasteiger partial charge < -0.3 is 36.1 Å². The van der Waals surface area contributed by atoms with Crippen molar-refractivity contribution in [3.8, 4) is 5.75 Å². The first-order valence-corrected chi connectivity index (χ1v) is 17.4. The van der Waals surface area contributed by atoms with Crippen LogP contribution in [0.15, 0.2) is 54.6 Å². The van der Waals surface area contributed by atoms with Crippen LogP contribution < -0.4 is 31.3 Å². The molecule has 2 aromatic rings. The molecule has 4 atom stereocenters. The first kappa shape index (κ1) is 35.8. The van der Waals surface area contributed by atoms with Crippen LogP contribution in [0.5, 0.6) is 5.75 Å². The Morgan fingerprint density at radius 1 is 0.898 bits per heavy atom. The topological polar surface area (TPSA) is 164 Å². The van der Waals surface area contributed by atoms with Gasteiger partial charge in [0.1, 0.15) is 36.0 Å². The average Bonchev–Trinajstić information content (AvgIpc) is 3.87. The monoisotopic (exact) mass is 675 g/mol. The average molecular weight is 676 g/mol. The van der Waals surface area contributed by atoms with Gasteiger partial charge in [-0.05, 0) is 68.2 Å². The fourth-order valence-corrected chi connectivity index (χ4v) is 6.27. The smallest absolute Gasteiger partial charge is 0.246 e. The van der Waals surface area contributed by atoms with Gasteiger partial charge in [-0.3, -0.25) is 24.0 Å². The molecule has 2 aromatic carbocycles. The van der Waals surface area contributed by atoms with Gasteiger partial charge in [-0.2, -0.15) is 0 Å². The highest BCUT2D eigenvalue weighted by atomic mass is 16.5. The van der Waals surface area contributed by atoms with Gasteiger partial charge in [0, 0.05) is 32.0 Å². The van der Waals surface area contributed by atoms with E-state index in [4.69, 9.17) is 9.47 Å². The standard InChI is InChI=1S/C37H49N5O7/c1-23(2)19-28-22-49-29-11-9-26(10-12-29)21-30(40-33(44)27-13-17-48-18-14-27)34(45)38-24(3)32(43)42-37(15-16-37)36(47)41-31(35(46)39-28)20-25-7-5-4-6-8-25/h4-12,23-24,27-28,30-31H,13-22H2,1-3H3,(H,38,45)(H,39,46)(H,40,44)(H,41,47)(H,42,43)/t24-,28+,30+,31-/m1/s1. The Hall–Kier alpha value is -4.45. The lowest BCUT2D eigenvalue weighted by Gasteiger charge is -2.28. The van der Waals surface area contributed by atoms with Crippen LogP contribution in [-0.4, -0.2) is 79.1 Å². The maximum Gasteiger partial charge on any atom is 0.246 e. The van der Waals surface area contributed by atoms with Gasteiger partial charge in [0.2, 0.25) is 29.5 Å². The number of ether oxygens (including phenoxy) is 2. The van der Waals surface area contributed by atoms with E-state index in [0.29, 0.717) is 51.1 Å². The van der Waals surface area contributed by atoms with Crippen molar-refractivity contribution in [3.05, 3.63) is 65.7 Å². The molecule has 1 spiro atoms. The molecule has 0 aromatic heterocycles. The molecule has 5 amide bonds. The van der Waals surface area contributed by atoms with Gasteiger partial charge in [-0.15, -0.1) is 0 Å². The second kappa shape index (κ2) is 16.3. The number of carbonyl (C=O) groups is 5. The molecule has 0 radical (unpaired) electrons. The number of nitrogens with one attached hydrogen (secondary N) is 5. The van der Waals surface area contributed by atoms with Crippen LogP contribution in [0.3, 0.4) is 0 Å². The predicted octanol–water partition coefficient (Wildman–Crippen LogP) is 1.94. The van der Waals surface area contributed by atoms with Crippen LogP contribution in [-0.2, 0) is 41.6 Å². The lowest BCUT2D eigenvalue weighted by molar-refractivity contribution is -0.135. The van der Waals surface area contributed by atoms with E-state index >= 15 is 0 Å². The minimum absolute atomic E-state index is 0.191. The van der Waals surface area contributed by atoms with Crippen LogP contribution in [0.25, 0.3) is 0 Å². The quantitative estimate of drug-likeness (QED) is 0.292. The number of hydrogen-bond acceptors (Lipinski definition) is 7. The highest BCUT2D eigenvalue weighted by Gasteiger charge is 2.52. The molecule has 12 nitrogen and oxygen atoms in total. The predicted molar refractivity (Wildman–Crippen MR) is 182 cm³/mol. The fourth-order valence-electron chi connectivity index (χ4n) is 6.27. The lowest BCUT2D eigenvalue weighted by atomic mass is 9.97. The fraction of sp³-hybridized carbons (Fsp3) is 0.541. The summed E-state index contributed by atoms with van der Waals surface area (Å²) in [6.45, 7) is 6.84. The molecule has 2 bridgehead atoms. The molecular weight excluding hydrogens is 626 g/mol. The van der Waals surface area contributed by atoms with E-state index in [0.717, 1.165) is 11.1 Å². The molecule has 1 saturated carbocycles. The van der Waals surface area contributed by atoms with Crippen molar-refractivity contribution in [1.29, 1.82) is 0 Å². The van der Waals surface area contributed by atoms with Gasteiger partial charge in [0.25, 0.3) is 0 Å². The molecule has 1 saturated heterocycles. The molecule has 49 heavy (non-hydrogen) atoms. The third-order valence-electron chi connectivity index (χ3n) is 9.35. The summed E-state index contributed by atoms with van der Waals surface area (Å²) in [7, 11) is 0. The molecule has 6 rings (SSSR count).